The lowest BCUT2D eigenvalue weighted by molar-refractivity contribution is -0.131. The van der Waals surface area contributed by atoms with Gasteiger partial charge in [-0.15, -0.1) is 0 Å². The van der Waals surface area contributed by atoms with Crippen LogP contribution in [0, 0.1) is 6.92 Å². The lowest BCUT2D eigenvalue weighted by Gasteiger charge is -2.14. The summed E-state index contributed by atoms with van der Waals surface area (Å²) in [5.74, 6) is 0.406. The van der Waals surface area contributed by atoms with Crippen molar-refractivity contribution in [2.24, 2.45) is 0 Å². The Labute approximate surface area is 111 Å². The first-order valence-electron chi connectivity index (χ1n) is 6.10. The van der Waals surface area contributed by atoms with Crippen LogP contribution in [-0.2, 0) is 4.79 Å². The zero-order valence-electron chi connectivity index (χ0n) is 11.2. The quantitative estimate of drug-likeness (QED) is 0.680. The van der Waals surface area contributed by atoms with Crippen LogP contribution in [0.4, 0.5) is 0 Å². The van der Waals surface area contributed by atoms with Gasteiger partial charge in [-0.2, -0.15) is 0 Å². The van der Waals surface area contributed by atoms with Gasteiger partial charge in [0.2, 0.25) is 0 Å². The maximum atomic E-state index is 11.2. The number of phenols is 1. The Morgan fingerprint density at radius 1 is 1.26 bits per heavy atom. The Hall–Kier alpha value is -2.23. The first kappa shape index (κ1) is 13.2. The first-order valence-corrected chi connectivity index (χ1v) is 6.10. The second-order valence-electron chi connectivity index (χ2n) is 4.30. The van der Waals surface area contributed by atoms with Gasteiger partial charge in [0.1, 0.15) is 5.75 Å². The van der Waals surface area contributed by atoms with Crippen molar-refractivity contribution in [2.45, 2.75) is 20.8 Å². The van der Waals surface area contributed by atoms with Crippen LogP contribution in [-0.4, -0.2) is 17.7 Å². The number of ether oxygens (including phenoxy) is 2. The summed E-state index contributed by atoms with van der Waals surface area (Å²) in [6, 6.07) is 7.01. The molecule has 2 aromatic rings. The molecule has 0 spiro atoms. The van der Waals surface area contributed by atoms with Crippen LogP contribution in [0.2, 0.25) is 0 Å². The molecule has 0 saturated heterocycles. The van der Waals surface area contributed by atoms with Gasteiger partial charge in [-0.25, -0.2) is 0 Å². The molecule has 4 nitrogen and oxygen atoms in total. The Morgan fingerprint density at radius 3 is 2.63 bits per heavy atom. The number of carbonyl (C=O) groups is 1. The number of hydrogen-bond donors (Lipinski definition) is 1. The molecule has 2 aromatic carbocycles. The Morgan fingerprint density at radius 2 is 2.00 bits per heavy atom. The molecule has 0 fully saturated rings. The fourth-order valence-corrected chi connectivity index (χ4v) is 1.98. The molecule has 0 radical (unpaired) electrons. The maximum Gasteiger partial charge on any atom is 0.308 e. The number of hydrogen-bond acceptors (Lipinski definition) is 4. The van der Waals surface area contributed by atoms with E-state index in [2.05, 4.69) is 0 Å². The molecule has 0 aliphatic rings. The Balaban J connectivity index is 2.75. The highest BCUT2D eigenvalue weighted by Crippen LogP contribution is 2.41. The summed E-state index contributed by atoms with van der Waals surface area (Å²) >= 11 is 0. The third-order valence-corrected chi connectivity index (χ3v) is 2.73. The molecule has 19 heavy (non-hydrogen) atoms. The average Bonchev–Trinajstić information content (AvgIpc) is 2.33. The average molecular weight is 260 g/mol. The summed E-state index contributed by atoms with van der Waals surface area (Å²) in [6.45, 7) is 5.52. The molecule has 0 heterocycles. The van der Waals surface area contributed by atoms with Crippen molar-refractivity contribution in [1.29, 1.82) is 0 Å². The molecule has 100 valence electrons. The summed E-state index contributed by atoms with van der Waals surface area (Å²) < 4.78 is 10.7. The molecule has 0 aromatic heterocycles. The topological polar surface area (TPSA) is 55.8 Å². The van der Waals surface area contributed by atoms with Gasteiger partial charge >= 0.3 is 5.97 Å². The van der Waals surface area contributed by atoms with Crippen LogP contribution < -0.4 is 9.47 Å². The molecule has 0 amide bonds. The number of esters is 1. The molecular formula is C15H16O4. The van der Waals surface area contributed by atoms with E-state index in [9.17, 15) is 9.90 Å². The minimum Gasteiger partial charge on any atom is -0.507 e. The van der Waals surface area contributed by atoms with E-state index in [0.717, 1.165) is 5.56 Å². The number of aryl methyl sites for hydroxylation is 1. The highest BCUT2D eigenvalue weighted by molar-refractivity contribution is 5.97. The summed E-state index contributed by atoms with van der Waals surface area (Å²) in [6.07, 6.45) is 0. The van der Waals surface area contributed by atoms with Crippen LogP contribution in [0.5, 0.6) is 17.2 Å². The highest BCUT2D eigenvalue weighted by atomic mass is 16.6. The second-order valence-corrected chi connectivity index (χ2v) is 4.30. The van der Waals surface area contributed by atoms with E-state index >= 15 is 0 Å². The lowest BCUT2D eigenvalue weighted by Crippen LogP contribution is -2.05. The standard InChI is InChI=1S/C15H16O4/c1-4-18-14-8-13(17)11-6-5-9(2)7-12(11)15(14)19-10(3)16/h5-8,17H,4H2,1-3H3. The fourth-order valence-electron chi connectivity index (χ4n) is 1.98. The summed E-state index contributed by atoms with van der Waals surface area (Å²) in [7, 11) is 0. The second kappa shape index (κ2) is 5.18. The zero-order valence-corrected chi connectivity index (χ0v) is 11.2. The van der Waals surface area contributed by atoms with Crippen molar-refractivity contribution in [1.82, 2.24) is 0 Å². The monoisotopic (exact) mass is 260 g/mol. The predicted molar refractivity (Wildman–Crippen MR) is 72.8 cm³/mol. The van der Waals surface area contributed by atoms with Crippen molar-refractivity contribution < 1.29 is 19.4 Å². The zero-order chi connectivity index (χ0) is 14.0. The summed E-state index contributed by atoms with van der Waals surface area (Å²) in [5, 5.41) is 11.3. The van der Waals surface area contributed by atoms with Crippen LogP contribution >= 0.6 is 0 Å². The molecule has 0 bridgehead atoms. The number of phenolic OH excluding ortho intramolecular Hbond substituents is 1. The molecular weight excluding hydrogens is 244 g/mol. The van der Waals surface area contributed by atoms with Gasteiger partial charge in [0, 0.05) is 23.8 Å². The van der Waals surface area contributed by atoms with E-state index in [1.54, 1.807) is 6.07 Å². The van der Waals surface area contributed by atoms with Gasteiger partial charge in [-0.05, 0) is 19.9 Å². The first-order chi connectivity index (χ1) is 9.02. The van der Waals surface area contributed by atoms with Crippen LogP contribution in [0.15, 0.2) is 24.3 Å². The third kappa shape index (κ3) is 2.62. The van der Waals surface area contributed by atoms with Gasteiger partial charge in [0.05, 0.1) is 6.61 Å². The van der Waals surface area contributed by atoms with Crippen molar-refractivity contribution >= 4 is 16.7 Å². The fraction of sp³-hybridized carbons (Fsp3) is 0.267. The van der Waals surface area contributed by atoms with Crippen LogP contribution in [0.25, 0.3) is 10.8 Å². The minimum absolute atomic E-state index is 0.106. The van der Waals surface area contributed by atoms with Crippen molar-refractivity contribution in [3.8, 4) is 17.2 Å². The van der Waals surface area contributed by atoms with E-state index in [-0.39, 0.29) is 5.75 Å². The Kier molecular flexibility index (Phi) is 3.60. The molecule has 4 heteroatoms. The van der Waals surface area contributed by atoms with Gasteiger partial charge in [0.25, 0.3) is 0 Å². The number of fused-ring (bicyclic) bond motifs is 1. The predicted octanol–water partition coefficient (Wildman–Crippen LogP) is 3.18. The van der Waals surface area contributed by atoms with Gasteiger partial charge < -0.3 is 14.6 Å². The molecule has 1 N–H and O–H groups in total. The van der Waals surface area contributed by atoms with Gasteiger partial charge in [0.15, 0.2) is 11.5 Å². The minimum atomic E-state index is -0.422. The summed E-state index contributed by atoms with van der Waals surface area (Å²) in [4.78, 5) is 11.2. The molecule has 2 rings (SSSR count). The summed E-state index contributed by atoms with van der Waals surface area (Å²) in [5.41, 5.74) is 1.01. The normalized spacial score (nSPS) is 10.5. The number of benzene rings is 2. The number of aromatic hydroxyl groups is 1. The van der Waals surface area contributed by atoms with Crippen LogP contribution in [0.3, 0.4) is 0 Å². The van der Waals surface area contributed by atoms with E-state index in [4.69, 9.17) is 9.47 Å². The van der Waals surface area contributed by atoms with Crippen molar-refractivity contribution in [3.05, 3.63) is 29.8 Å². The van der Waals surface area contributed by atoms with E-state index in [1.807, 2.05) is 26.0 Å². The molecule has 0 unspecified atom stereocenters. The smallest absolute Gasteiger partial charge is 0.308 e. The van der Waals surface area contributed by atoms with E-state index in [0.29, 0.717) is 28.9 Å². The molecule has 0 aliphatic carbocycles. The van der Waals surface area contributed by atoms with Gasteiger partial charge in [-0.1, -0.05) is 17.7 Å². The number of rotatable bonds is 3. The molecule has 0 aliphatic heterocycles. The van der Waals surface area contributed by atoms with Crippen molar-refractivity contribution in [2.75, 3.05) is 6.61 Å². The van der Waals surface area contributed by atoms with Crippen molar-refractivity contribution in [3.63, 3.8) is 0 Å². The third-order valence-electron chi connectivity index (χ3n) is 2.73. The largest absolute Gasteiger partial charge is 0.507 e. The SMILES string of the molecule is CCOc1cc(O)c2ccc(C)cc2c1OC(C)=O. The van der Waals surface area contributed by atoms with E-state index < -0.39 is 5.97 Å². The van der Waals surface area contributed by atoms with E-state index in [1.165, 1.54) is 13.0 Å². The molecule has 0 saturated carbocycles. The maximum absolute atomic E-state index is 11.2. The number of carbonyl (C=O) groups excluding carboxylic acids is 1. The highest BCUT2D eigenvalue weighted by Gasteiger charge is 2.16. The van der Waals surface area contributed by atoms with Gasteiger partial charge in [-0.3, -0.25) is 4.79 Å². The van der Waals surface area contributed by atoms with Crippen LogP contribution in [0.1, 0.15) is 19.4 Å². The Bertz CT molecular complexity index is 632. The lowest BCUT2D eigenvalue weighted by atomic mass is 10.1. The molecule has 0 atom stereocenters.